The summed E-state index contributed by atoms with van der Waals surface area (Å²) < 4.78 is 2.09. The molecule has 0 aromatic rings. The number of hydrogen-bond acceptors (Lipinski definition) is 4. The number of hydrogen-bond donors (Lipinski definition) is 0. The summed E-state index contributed by atoms with van der Waals surface area (Å²) >= 11 is 0. The minimum atomic E-state index is -0.000967. The molecule has 1 unspecified atom stereocenters. The van der Waals surface area contributed by atoms with Crippen LogP contribution in [0.1, 0.15) is 19.3 Å². The lowest BCUT2D eigenvalue weighted by Crippen LogP contribution is -2.26. The molecule has 6 heteroatoms. The average Bonchev–Trinajstić information content (AvgIpc) is 2.30. The molecule has 1 atom stereocenters. The minimum Gasteiger partial charge on any atom is -0.0525 e. The van der Waals surface area contributed by atoms with Crippen LogP contribution < -0.4 is 0 Å². The minimum absolute atomic E-state index is 0.000967. The first kappa shape index (κ1) is 11.9. The largest absolute Gasteiger partial charge is 0.300 e. The molecular weight excluding hydrogens is 244 g/mol. The molecule has 1 saturated heterocycles. The Morgan fingerprint density at radius 1 is 1.31 bits per heavy atom. The highest BCUT2D eigenvalue weighted by molar-refractivity contribution is 8.78. The predicted octanol–water partition coefficient (Wildman–Crippen LogP) is 2.85. The predicted molar refractivity (Wildman–Crippen MR) is 67.0 cm³/mol. The lowest BCUT2D eigenvalue weighted by molar-refractivity contribution is -0.571. The fourth-order valence-electron chi connectivity index (χ4n) is 1.62. The number of allylic oxidation sites excluding steroid dienone is 2. The van der Waals surface area contributed by atoms with E-state index in [0.717, 1.165) is 28.8 Å². The van der Waals surface area contributed by atoms with Gasteiger partial charge >= 0.3 is 5.03 Å². The molecule has 0 aromatic carbocycles. The third-order valence-electron chi connectivity index (χ3n) is 2.54. The summed E-state index contributed by atoms with van der Waals surface area (Å²) in [6, 6.07) is 0. The van der Waals surface area contributed by atoms with Crippen LogP contribution in [0.3, 0.4) is 0 Å². The van der Waals surface area contributed by atoms with Crippen molar-refractivity contribution in [1.82, 2.24) is 0 Å². The summed E-state index contributed by atoms with van der Waals surface area (Å²) in [6.07, 6.45) is 8.52. The van der Waals surface area contributed by atoms with Gasteiger partial charge in [-0.3, -0.25) is 0 Å². The summed E-state index contributed by atoms with van der Waals surface area (Å²) in [6.45, 7) is 1.03. The Morgan fingerprint density at radius 2 is 2.19 bits per heavy atom. The molecule has 0 spiro atoms. The van der Waals surface area contributed by atoms with Gasteiger partial charge in [0.2, 0.25) is 6.54 Å². The van der Waals surface area contributed by atoms with Crippen LogP contribution >= 0.6 is 21.6 Å². The fraction of sp³-hybridized carbons (Fsp3) is 0.600. The van der Waals surface area contributed by atoms with Crippen molar-refractivity contribution in [2.45, 2.75) is 24.6 Å². The van der Waals surface area contributed by atoms with Crippen LogP contribution in [0.4, 0.5) is 0 Å². The number of nitrogens with zero attached hydrogens (tertiary/aromatic N) is 2. The van der Waals surface area contributed by atoms with Gasteiger partial charge in [-0.2, -0.15) is 0 Å². The van der Waals surface area contributed by atoms with Crippen molar-refractivity contribution < 1.29 is 9.52 Å². The first-order valence-corrected chi connectivity index (χ1v) is 7.57. The molecular formula is C10H14N2O2S2+2. The molecule has 4 nitrogen and oxygen atoms in total. The second-order valence-electron chi connectivity index (χ2n) is 3.76. The van der Waals surface area contributed by atoms with Crippen molar-refractivity contribution in [3.8, 4) is 0 Å². The Bertz CT molecular complexity index is 366. The molecule has 2 rings (SSSR count). The highest BCUT2D eigenvalue weighted by Crippen LogP contribution is 2.38. The van der Waals surface area contributed by atoms with Crippen LogP contribution in [-0.4, -0.2) is 28.0 Å². The van der Waals surface area contributed by atoms with Crippen molar-refractivity contribution in [1.29, 1.82) is 0 Å². The van der Waals surface area contributed by atoms with Gasteiger partial charge in [-0.05, 0) is 23.3 Å². The normalized spacial score (nSPS) is 25.8. The zero-order valence-corrected chi connectivity index (χ0v) is 10.5. The van der Waals surface area contributed by atoms with Gasteiger partial charge in [0.15, 0.2) is 6.54 Å². The van der Waals surface area contributed by atoms with Gasteiger partial charge in [-0.25, -0.2) is 0 Å². The van der Waals surface area contributed by atoms with E-state index in [1.165, 1.54) is 21.6 Å². The van der Waals surface area contributed by atoms with E-state index in [2.05, 4.69) is 0 Å². The maximum atomic E-state index is 11.5. The standard InChI is InChI=1S/C10H14N2O2S2/c13-11-7-3-1-5-9(11)15-16-10-6-2-4-8-12(10)14/h1,3,5,10H,2,4,6-8H2/q+2. The summed E-state index contributed by atoms with van der Waals surface area (Å²) in [7, 11) is 2.92. The molecule has 0 radical (unpaired) electrons. The highest BCUT2D eigenvalue weighted by Gasteiger charge is 2.32. The quantitative estimate of drug-likeness (QED) is 0.576. The molecule has 1 fully saturated rings. The van der Waals surface area contributed by atoms with Crippen LogP contribution in [0.15, 0.2) is 23.3 Å². The number of piperidine rings is 1. The third kappa shape index (κ3) is 2.95. The summed E-state index contributed by atoms with van der Waals surface area (Å²) in [4.78, 5) is 22.9. The summed E-state index contributed by atoms with van der Waals surface area (Å²) in [5, 5.41) is 0.686. The Hall–Kier alpha value is -0.620. The van der Waals surface area contributed by atoms with Crippen molar-refractivity contribution in [2.75, 3.05) is 13.1 Å². The Kier molecular flexibility index (Phi) is 4.17. The lowest BCUT2D eigenvalue weighted by Gasteiger charge is -2.12. The smallest absolute Gasteiger partial charge is 0.0525 e. The van der Waals surface area contributed by atoms with Crippen molar-refractivity contribution in [2.24, 2.45) is 0 Å². The van der Waals surface area contributed by atoms with E-state index >= 15 is 0 Å². The topological polar surface area (TPSA) is 40.2 Å². The first-order valence-electron chi connectivity index (χ1n) is 5.36. The zero-order valence-electron chi connectivity index (χ0n) is 8.87. The van der Waals surface area contributed by atoms with Gasteiger partial charge in [0.25, 0.3) is 5.37 Å². The van der Waals surface area contributed by atoms with E-state index in [1.54, 1.807) is 6.08 Å². The molecule has 0 saturated carbocycles. The molecule has 0 bridgehead atoms. The molecule has 86 valence electrons. The first-order chi connectivity index (χ1) is 7.77. The van der Waals surface area contributed by atoms with Crippen LogP contribution in [0.2, 0.25) is 0 Å². The lowest BCUT2D eigenvalue weighted by atomic mass is 10.2. The van der Waals surface area contributed by atoms with Crippen molar-refractivity contribution >= 4 is 21.6 Å². The SMILES string of the molecule is O=[N+]1CC=CC=C1SSC1CCCC[N+]1=O. The van der Waals surface area contributed by atoms with Gasteiger partial charge in [-0.1, -0.05) is 6.08 Å². The summed E-state index contributed by atoms with van der Waals surface area (Å²) in [5.74, 6) is 0. The molecule has 0 aromatic heterocycles. The van der Waals surface area contributed by atoms with E-state index < -0.39 is 0 Å². The van der Waals surface area contributed by atoms with E-state index in [-0.39, 0.29) is 5.37 Å². The molecule has 16 heavy (non-hydrogen) atoms. The molecule has 0 amide bonds. The second kappa shape index (κ2) is 5.63. The van der Waals surface area contributed by atoms with E-state index in [4.69, 9.17) is 0 Å². The molecule has 2 heterocycles. The van der Waals surface area contributed by atoms with Crippen LogP contribution in [-0.2, 0) is 0 Å². The van der Waals surface area contributed by atoms with E-state index in [0.29, 0.717) is 18.1 Å². The Morgan fingerprint density at radius 3 is 2.94 bits per heavy atom. The van der Waals surface area contributed by atoms with E-state index in [1.807, 2.05) is 12.2 Å². The number of rotatable bonds is 3. The van der Waals surface area contributed by atoms with Crippen molar-refractivity contribution in [3.63, 3.8) is 0 Å². The molecule has 2 aliphatic rings. The fourth-order valence-corrected chi connectivity index (χ4v) is 4.21. The maximum absolute atomic E-state index is 11.5. The maximum Gasteiger partial charge on any atom is 0.300 e. The van der Waals surface area contributed by atoms with E-state index in [9.17, 15) is 9.81 Å². The van der Waals surface area contributed by atoms with Gasteiger partial charge < -0.3 is 0 Å². The van der Waals surface area contributed by atoms with Gasteiger partial charge in [0.1, 0.15) is 0 Å². The van der Waals surface area contributed by atoms with Crippen LogP contribution in [0.25, 0.3) is 0 Å². The molecule has 2 aliphatic heterocycles. The van der Waals surface area contributed by atoms with Crippen LogP contribution in [0, 0.1) is 9.81 Å². The van der Waals surface area contributed by atoms with Gasteiger partial charge in [-0.15, -0.1) is 0 Å². The molecule has 0 N–H and O–H groups in total. The average molecular weight is 258 g/mol. The zero-order chi connectivity index (χ0) is 11.4. The van der Waals surface area contributed by atoms with Crippen LogP contribution in [0.5, 0.6) is 0 Å². The Labute approximate surface area is 102 Å². The van der Waals surface area contributed by atoms with Gasteiger partial charge in [0.05, 0.1) is 0 Å². The van der Waals surface area contributed by atoms with Crippen molar-refractivity contribution in [3.05, 3.63) is 33.1 Å². The van der Waals surface area contributed by atoms with Gasteiger partial charge in [0, 0.05) is 49.0 Å². The third-order valence-corrected chi connectivity index (χ3v) is 5.30. The highest BCUT2D eigenvalue weighted by atomic mass is 33.1. The summed E-state index contributed by atoms with van der Waals surface area (Å²) in [5.41, 5.74) is 0. The number of nitroso groups, excluding NO2 is 2. The second-order valence-corrected chi connectivity index (χ2v) is 6.16. The Balaban J connectivity index is 1.86. The monoisotopic (exact) mass is 258 g/mol. The molecule has 0 aliphatic carbocycles.